The van der Waals surface area contributed by atoms with Crippen molar-refractivity contribution in [1.29, 1.82) is 0 Å². The van der Waals surface area contributed by atoms with Crippen molar-refractivity contribution >= 4 is 28.6 Å². The van der Waals surface area contributed by atoms with Gasteiger partial charge in [0.25, 0.3) is 0 Å². The van der Waals surface area contributed by atoms with Gasteiger partial charge in [-0.05, 0) is 31.2 Å². The molecule has 3 rings (SSSR count). The fourth-order valence-corrected chi connectivity index (χ4v) is 2.45. The average Bonchev–Trinajstić information content (AvgIpc) is 2.67. The highest BCUT2D eigenvalue weighted by Crippen LogP contribution is 2.26. The molecule has 0 spiro atoms. The first-order valence-corrected chi connectivity index (χ1v) is 8.36. The lowest BCUT2D eigenvalue weighted by atomic mass is 10.1. The number of nitrogen functional groups attached to an aromatic ring is 1. The molecule has 0 fully saturated rings. The summed E-state index contributed by atoms with van der Waals surface area (Å²) in [5, 5.41) is 11.6. The topological polar surface area (TPSA) is 149 Å². The van der Waals surface area contributed by atoms with Gasteiger partial charge < -0.3 is 26.6 Å². The third-order valence-corrected chi connectivity index (χ3v) is 3.79. The van der Waals surface area contributed by atoms with Gasteiger partial charge in [0.2, 0.25) is 17.7 Å². The van der Waals surface area contributed by atoms with E-state index in [1.54, 1.807) is 18.2 Å². The number of amides is 1. The molecule has 2 heterocycles. The summed E-state index contributed by atoms with van der Waals surface area (Å²) in [4.78, 5) is 24.6. The molecule has 0 bridgehead atoms. The molecule has 27 heavy (non-hydrogen) atoms. The van der Waals surface area contributed by atoms with Crippen LogP contribution in [0.2, 0.25) is 0 Å². The normalized spacial score (nSPS) is 12.0. The number of hydrogen-bond donors (Lipinski definition) is 4. The Balaban J connectivity index is 1.90. The Kier molecular flexibility index (Phi) is 5.43. The summed E-state index contributed by atoms with van der Waals surface area (Å²) in [7, 11) is 0. The molecule has 0 saturated heterocycles. The van der Waals surface area contributed by atoms with Crippen LogP contribution in [0, 0.1) is 0 Å². The molecule has 9 nitrogen and oxygen atoms in total. The van der Waals surface area contributed by atoms with Gasteiger partial charge in [0.1, 0.15) is 6.04 Å². The van der Waals surface area contributed by atoms with Gasteiger partial charge in [-0.1, -0.05) is 12.1 Å². The SMILES string of the molecule is CCOc1nc(N)nc2ccc(-c3ccc(NC(=O)[C@@H](N)CO)cc3)nc12. The van der Waals surface area contributed by atoms with Gasteiger partial charge in [0.05, 0.1) is 24.4 Å². The Morgan fingerprint density at radius 1 is 1.19 bits per heavy atom. The molecule has 140 valence electrons. The number of nitrogens with two attached hydrogens (primary N) is 2. The van der Waals surface area contributed by atoms with Crippen molar-refractivity contribution < 1.29 is 14.6 Å². The number of benzene rings is 1. The molecule has 1 amide bonds. The maximum atomic E-state index is 11.7. The van der Waals surface area contributed by atoms with Gasteiger partial charge in [0.15, 0.2) is 5.52 Å². The highest BCUT2D eigenvalue weighted by molar-refractivity contribution is 5.95. The van der Waals surface area contributed by atoms with Gasteiger partial charge in [-0.3, -0.25) is 4.79 Å². The predicted octanol–water partition coefficient (Wildman–Crippen LogP) is 0.931. The van der Waals surface area contributed by atoms with Gasteiger partial charge in [-0.15, -0.1) is 0 Å². The summed E-state index contributed by atoms with van der Waals surface area (Å²) in [5.41, 5.74) is 14.4. The van der Waals surface area contributed by atoms with E-state index in [2.05, 4.69) is 20.3 Å². The van der Waals surface area contributed by atoms with E-state index in [4.69, 9.17) is 21.3 Å². The van der Waals surface area contributed by atoms with Crippen LogP contribution in [0.15, 0.2) is 36.4 Å². The standard InChI is InChI=1S/C18H20N6O3/c1-2-27-17-15-14(23-18(20)24-17)8-7-13(22-15)10-3-5-11(6-4-10)21-16(26)12(19)9-25/h3-8,12,25H,2,9,19H2,1H3,(H,21,26)(H2,20,23,24)/t12-/m0/s1. The number of hydrogen-bond acceptors (Lipinski definition) is 8. The number of nitrogens with zero attached hydrogens (tertiary/aromatic N) is 3. The maximum Gasteiger partial charge on any atom is 0.245 e. The van der Waals surface area contributed by atoms with E-state index in [0.29, 0.717) is 34.9 Å². The molecule has 2 aromatic heterocycles. The van der Waals surface area contributed by atoms with Crippen molar-refractivity contribution in [2.75, 3.05) is 24.3 Å². The number of ether oxygens (including phenoxy) is 1. The number of rotatable bonds is 6. The number of anilines is 2. The van der Waals surface area contributed by atoms with Crippen molar-refractivity contribution in [3.63, 3.8) is 0 Å². The molecule has 0 radical (unpaired) electrons. The number of aliphatic hydroxyl groups excluding tert-OH is 1. The minimum atomic E-state index is -0.962. The molecule has 1 atom stereocenters. The zero-order valence-electron chi connectivity index (χ0n) is 14.7. The molecule has 6 N–H and O–H groups in total. The molecular formula is C18H20N6O3. The van der Waals surface area contributed by atoms with Crippen LogP contribution in [0.25, 0.3) is 22.3 Å². The van der Waals surface area contributed by atoms with Crippen LogP contribution < -0.4 is 21.5 Å². The summed E-state index contributed by atoms with van der Waals surface area (Å²) in [6.07, 6.45) is 0. The van der Waals surface area contributed by atoms with Gasteiger partial charge in [0, 0.05) is 11.3 Å². The highest BCUT2D eigenvalue weighted by Gasteiger charge is 2.13. The fourth-order valence-electron chi connectivity index (χ4n) is 2.45. The van der Waals surface area contributed by atoms with Gasteiger partial charge >= 0.3 is 0 Å². The number of nitrogens with one attached hydrogen (secondary N) is 1. The quantitative estimate of drug-likeness (QED) is 0.502. The van der Waals surface area contributed by atoms with Crippen LogP contribution >= 0.6 is 0 Å². The van der Waals surface area contributed by atoms with Crippen molar-refractivity contribution in [1.82, 2.24) is 15.0 Å². The van der Waals surface area contributed by atoms with Gasteiger partial charge in [-0.25, -0.2) is 9.97 Å². The third-order valence-electron chi connectivity index (χ3n) is 3.79. The molecule has 0 aliphatic rings. The van der Waals surface area contributed by atoms with Crippen molar-refractivity contribution in [3.8, 4) is 17.1 Å². The predicted molar refractivity (Wildman–Crippen MR) is 102 cm³/mol. The summed E-state index contributed by atoms with van der Waals surface area (Å²) in [6, 6.07) is 9.74. The Morgan fingerprint density at radius 3 is 2.59 bits per heavy atom. The Labute approximate surface area is 155 Å². The van der Waals surface area contributed by atoms with E-state index in [9.17, 15) is 4.79 Å². The zero-order chi connectivity index (χ0) is 19.4. The first kappa shape index (κ1) is 18.5. The number of carbonyl (C=O) groups is 1. The first-order chi connectivity index (χ1) is 13.0. The summed E-state index contributed by atoms with van der Waals surface area (Å²) >= 11 is 0. The molecule has 0 saturated carbocycles. The van der Waals surface area contributed by atoms with Crippen molar-refractivity contribution in [3.05, 3.63) is 36.4 Å². The lowest BCUT2D eigenvalue weighted by Gasteiger charge is -2.11. The van der Waals surface area contributed by atoms with Crippen LogP contribution in [-0.2, 0) is 4.79 Å². The van der Waals surface area contributed by atoms with Crippen LogP contribution in [0.1, 0.15) is 6.92 Å². The molecule has 3 aromatic rings. The molecule has 9 heteroatoms. The van der Waals surface area contributed by atoms with E-state index >= 15 is 0 Å². The van der Waals surface area contributed by atoms with E-state index in [1.807, 2.05) is 25.1 Å². The average molecular weight is 368 g/mol. The second-order valence-electron chi connectivity index (χ2n) is 5.74. The van der Waals surface area contributed by atoms with E-state index in [0.717, 1.165) is 5.56 Å². The van der Waals surface area contributed by atoms with Crippen LogP contribution in [-0.4, -0.2) is 45.2 Å². The second kappa shape index (κ2) is 7.94. The number of fused-ring (bicyclic) bond motifs is 1. The Hall–Kier alpha value is -3.30. The van der Waals surface area contributed by atoms with Crippen molar-refractivity contribution in [2.24, 2.45) is 5.73 Å². The summed E-state index contributed by atoms with van der Waals surface area (Å²) in [5.74, 6) is 0.00980. The fraction of sp³-hybridized carbons (Fsp3) is 0.222. The first-order valence-electron chi connectivity index (χ1n) is 8.36. The Bertz CT molecular complexity index is 961. The molecule has 1 aromatic carbocycles. The third kappa shape index (κ3) is 4.10. The number of aromatic nitrogens is 3. The smallest absolute Gasteiger partial charge is 0.245 e. The monoisotopic (exact) mass is 368 g/mol. The Morgan fingerprint density at radius 2 is 1.93 bits per heavy atom. The largest absolute Gasteiger partial charge is 0.476 e. The zero-order valence-corrected chi connectivity index (χ0v) is 14.7. The minimum Gasteiger partial charge on any atom is -0.476 e. The number of aliphatic hydroxyl groups is 1. The molecular weight excluding hydrogens is 348 g/mol. The summed E-state index contributed by atoms with van der Waals surface area (Å²) < 4.78 is 5.51. The van der Waals surface area contributed by atoms with Gasteiger partial charge in [-0.2, -0.15) is 4.98 Å². The lowest BCUT2D eigenvalue weighted by Crippen LogP contribution is -2.38. The van der Waals surface area contributed by atoms with E-state index in [1.165, 1.54) is 0 Å². The van der Waals surface area contributed by atoms with Crippen LogP contribution in [0.4, 0.5) is 11.6 Å². The summed E-state index contributed by atoms with van der Waals surface area (Å²) in [6.45, 7) is 1.87. The molecule has 0 aliphatic carbocycles. The number of carbonyl (C=O) groups excluding carboxylic acids is 1. The van der Waals surface area contributed by atoms with Crippen LogP contribution in [0.5, 0.6) is 5.88 Å². The number of pyridine rings is 1. The lowest BCUT2D eigenvalue weighted by molar-refractivity contribution is -0.118. The molecule has 0 aliphatic heterocycles. The van der Waals surface area contributed by atoms with E-state index < -0.39 is 18.6 Å². The van der Waals surface area contributed by atoms with Crippen LogP contribution in [0.3, 0.4) is 0 Å². The van der Waals surface area contributed by atoms with E-state index in [-0.39, 0.29) is 5.95 Å². The molecule has 0 unspecified atom stereocenters. The minimum absolute atomic E-state index is 0.127. The van der Waals surface area contributed by atoms with Crippen molar-refractivity contribution in [2.45, 2.75) is 13.0 Å². The maximum absolute atomic E-state index is 11.7. The second-order valence-corrected chi connectivity index (χ2v) is 5.74. The highest BCUT2D eigenvalue weighted by atomic mass is 16.5.